The van der Waals surface area contributed by atoms with E-state index in [-0.39, 0.29) is 11.7 Å². The molecule has 1 aromatic rings. The number of likely N-dealkylation sites (N-methyl/N-ethyl adjacent to an activating group) is 1. The number of phenolic OH excluding ortho intramolecular Hbond substituents is 1. The Labute approximate surface area is 136 Å². The number of benzene rings is 1. The van der Waals surface area contributed by atoms with Gasteiger partial charge in [-0.25, -0.2) is 0 Å². The van der Waals surface area contributed by atoms with Crippen molar-refractivity contribution in [3.8, 4) is 5.75 Å². The molecule has 1 amide bonds. The van der Waals surface area contributed by atoms with Gasteiger partial charge in [-0.05, 0) is 40.8 Å². The van der Waals surface area contributed by atoms with Crippen molar-refractivity contribution in [1.82, 2.24) is 4.90 Å². The summed E-state index contributed by atoms with van der Waals surface area (Å²) in [5.74, 6) is 0.0274. The van der Waals surface area contributed by atoms with Gasteiger partial charge in [0.2, 0.25) is 0 Å². The molecule has 0 bridgehead atoms. The molecule has 1 N–H and O–H groups in total. The quantitative estimate of drug-likeness (QED) is 0.399. The van der Waals surface area contributed by atoms with Crippen molar-refractivity contribution >= 4 is 78.8 Å². The summed E-state index contributed by atoms with van der Waals surface area (Å²) in [5, 5.41) is 9.96. The molecule has 1 heterocycles. The molecule has 1 saturated heterocycles. The molecule has 1 aromatic carbocycles. The second-order valence-electron chi connectivity index (χ2n) is 3.57. The van der Waals surface area contributed by atoms with Crippen LogP contribution in [0.1, 0.15) is 5.56 Å². The number of halogens is 2. The molecule has 0 radical (unpaired) electrons. The van der Waals surface area contributed by atoms with Crippen molar-refractivity contribution in [3.05, 3.63) is 30.6 Å². The van der Waals surface area contributed by atoms with E-state index < -0.39 is 0 Å². The Morgan fingerprint density at radius 1 is 1.56 bits per heavy atom. The number of hydrogen-bond acceptors (Lipinski definition) is 4. The molecule has 7 heteroatoms. The first-order valence-corrected chi connectivity index (χ1v) is 7.89. The fourth-order valence-electron chi connectivity index (χ4n) is 1.38. The number of thioether (sulfide) groups is 1. The molecule has 1 fully saturated rings. The van der Waals surface area contributed by atoms with Crippen LogP contribution in [0.15, 0.2) is 21.5 Å². The first-order chi connectivity index (χ1) is 8.40. The summed E-state index contributed by atoms with van der Waals surface area (Å²) in [6.07, 6.45) is 1.66. The van der Waals surface area contributed by atoms with Crippen LogP contribution in [0.25, 0.3) is 6.08 Å². The molecule has 1 aliphatic rings. The number of thiocarbonyl (C=S) groups is 1. The second kappa shape index (κ2) is 5.48. The lowest BCUT2D eigenvalue weighted by Crippen LogP contribution is -2.22. The minimum Gasteiger partial charge on any atom is -0.506 e. The van der Waals surface area contributed by atoms with E-state index in [1.807, 2.05) is 22.6 Å². The van der Waals surface area contributed by atoms with Gasteiger partial charge in [0, 0.05) is 17.1 Å². The molecule has 18 heavy (non-hydrogen) atoms. The number of carbonyl (C=O) groups is 1. The van der Waals surface area contributed by atoms with Crippen LogP contribution in [0.2, 0.25) is 0 Å². The van der Waals surface area contributed by atoms with Gasteiger partial charge < -0.3 is 5.11 Å². The summed E-state index contributed by atoms with van der Waals surface area (Å²) in [7, 11) is 1.64. The van der Waals surface area contributed by atoms with E-state index in [0.29, 0.717) is 14.8 Å². The summed E-state index contributed by atoms with van der Waals surface area (Å²) in [6, 6.07) is 3.57. The average Bonchev–Trinajstić information content (AvgIpc) is 2.53. The van der Waals surface area contributed by atoms with Crippen molar-refractivity contribution in [2.24, 2.45) is 0 Å². The number of nitrogens with zero attached hydrogens (tertiary/aromatic N) is 1. The maximum Gasteiger partial charge on any atom is 0.265 e. The zero-order chi connectivity index (χ0) is 13.4. The van der Waals surface area contributed by atoms with Crippen molar-refractivity contribution < 1.29 is 9.90 Å². The lowest BCUT2D eigenvalue weighted by atomic mass is 10.2. The van der Waals surface area contributed by atoms with Crippen molar-refractivity contribution in [1.29, 1.82) is 0 Å². The smallest absolute Gasteiger partial charge is 0.265 e. The predicted octanol–water partition coefficient (Wildman–Crippen LogP) is 3.59. The van der Waals surface area contributed by atoms with Gasteiger partial charge in [-0.1, -0.05) is 39.9 Å². The topological polar surface area (TPSA) is 40.5 Å². The van der Waals surface area contributed by atoms with E-state index in [0.717, 1.165) is 8.04 Å². The van der Waals surface area contributed by atoms with Crippen molar-refractivity contribution in [2.45, 2.75) is 0 Å². The van der Waals surface area contributed by atoms with E-state index in [4.69, 9.17) is 12.2 Å². The molecule has 0 unspecified atom stereocenters. The Bertz CT molecular complexity index is 589. The van der Waals surface area contributed by atoms with Crippen LogP contribution in [-0.4, -0.2) is 27.3 Å². The fraction of sp³-hybridized carbons (Fsp3) is 0.0909. The number of amides is 1. The first kappa shape index (κ1) is 14.3. The third kappa shape index (κ3) is 2.73. The molecule has 0 saturated carbocycles. The Morgan fingerprint density at radius 2 is 2.22 bits per heavy atom. The minimum absolute atomic E-state index is 0.139. The second-order valence-corrected chi connectivity index (χ2v) is 7.32. The lowest BCUT2D eigenvalue weighted by Gasteiger charge is -2.05. The summed E-state index contributed by atoms with van der Waals surface area (Å²) in [6.45, 7) is 0. The van der Waals surface area contributed by atoms with Gasteiger partial charge in [-0.3, -0.25) is 9.69 Å². The molecule has 0 atom stereocenters. The zero-order valence-corrected chi connectivity index (χ0v) is 14.5. The molecular weight excluding hydrogens is 449 g/mol. The van der Waals surface area contributed by atoms with Gasteiger partial charge in [-0.15, -0.1) is 0 Å². The molecule has 0 aromatic heterocycles. The first-order valence-electron chi connectivity index (χ1n) is 4.79. The Morgan fingerprint density at radius 3 is 2.78 bits per heavy atom. The van der Waals surface area contributed by atoms with Crippen LogP contribution in [0.4, 0.5) is 0 Å². The SMILES string of the molecule is CN1C(=O)/C(=C/c2cc(Br)cc(I)c2O)SC1=S. The normalized spacial score (nSPS) is 17.9. The average molecular weight is 456 g/mol. The van der Waals surface area contributed by atoms with Crippen LogP contribution in [0.5, 0.6) is 5.75 Å². The largest absolute Gasteiger partial charge is 0.506 e. The molecule has 1 aliphatic heterocycles. The van der Waals surface area contributed by atoms with Crippen LogP contribution >= 0.6 is 62.5 Å². The van der Waals surface area contributed by atoms with Crippen molar-refractivity contribution in [3.63, 3.8) is 0 Å². The monoisotopic (exact) mass is 455 g/mol. The van der Waals surface area contributed by atoms with E-state index in [1.54, 1.807) is 25.3 Å². The molecule has 94 valence electrons. The van der Waals surface area contributed by atoms with Crippen molar-refractivity contribution in [2.75, 3.05) is 7.05 Å². The maximum absolute atomic E-state index is 11.9. The molecule has 3 nitrogen and oxygen atoms in total. The molecule has 2 rings (SSSR count). The number of carbonyl (C=O) groups excluding carboxylic acids is 1. The fourth-order valence-corrected chi connectivity index (χ4v) is 4.10. The van der Waals surface area contributed by atoms with E-state index in [9.17, 15) is 9.90 Å². The highest BCUT2D eigenvalue weighted by Gasteiger charge is 2.29. The van der Waals surface area contributed by atoms with Gasteiger partial charge in [-0.2, -0.15) is 0 Å². The van der Waals surface area contributed by atoms with E-state index >= 15 is 0 Å². The van der Waals surface area contributed by atoms with Gasteiger partial charge in [0.1, 0.15) is 10.1 Å². The zero-order valence-electron chi connectivity index (χ0n) is 9.11. The summed E-state index contributed by atoms with van der Waals surface area (Å²) >= 11 is 11.7. The lowest BCUT2D eigenvalue weighted by molar-refractivity contribution is -0.121. The third-order valence-electron chi connectivity index (χ3n) is 2.33. The van der Waals surface area contributed by atoms with Crippen LogP contribution in [-0.2, 0) is 4.79 Å². The van der Waals surface area contributed by atoms with Gasteiger partial charge in [0.25, 0.3) is 5.91 Å². The highest BCUT2D eigenvalue weighted by molar-refractivity contribution is 14.1. The predicted molar refractivity (Wildman–Crippen MR) is 89.5 cm³/mol. The maximum atomic E-state index is 11.9. The van der Waals surface area contributed by atoms with E-state index in [1.165, 1.54) is 16.7 Å². The molecular formula is C11H7BrINO2S2. The number of hydrogen-bond donors (Lipinski definition) is 1. The van der Waals surface area contributed by atoms with E-state index in [2.05, 4.69) is 15.9 Å². The van der Waals surface area contributed by atoms with Crippen LogP contribution < -0.4 is 0 Å². The van der Waals surface area contributed by atoms with Crippen LogP contribution in [0, 0.1) is 3.57 Å². The number of aromatic hydroxyl groups is 1. The highest BCUT2D eigenvalue weighted by Crippen LogP contribution is 2.35. The Kier molecular flexibility index (Phi) is 4.35. The summed E-state index contributed by atoms with van der Waals surface area (Å²) < 4.78 is 2.10. The minimum atomic E-state index is -0.139. The molecule has 0 spiro atoms. The highest BCUT2D eigenvalue weighted by atomic mass is 127. The third-order valence-corrected chi connectivity index (χ3v) is 5.10. The summed E-state index contributed by atoms with van der Waals surface area (Å²) in [4.78, 5) is 13.8. The Hall–Kier alpha value is -0.120. The standard InChI is InChI=1S/C11H7BrINO2S2/c1-14-10(16)8(18-11(14)17)3-5-2-6(12)4-7(13)9(5)15/h2-4,15H,1H3/b8-3-. The van der Waals surface area contributed by atoms with Gasteiger partial charge in [0.15, 0.2) is 0 Å². The van der Waals surface area contributed by atoms with Crippen LogP contribution in [0.3, 0.4) is 0 Å². The number of phenols is 1. The number of rotatable bonds is 1. The summed E-state index contributed by atoms with van der Waals surface area (Å²) in [5.41, 5.74) is 0.600. The van der Waals surface area contributed by atoms with Gasteiger partial charge in [0.05, 0.1) is 8.48 Å². The van der Waals surface area contributed by atoms with Gasteiger partial charge >= 0.3 is 0 Å². The molecule has 0 aliphatic carbocycles. The Balaban J connectivity index is 2.46.